The van der Waals surface area contributed by atoms with Crippen molar-refractivity contribution in [3.05, 3.63) is 83.9 Å². The Labute approximate surface area is 181 Å². The number of rotatable bonds is 5. The average Bonchev–Trinajstić information content (AvgIpc) is 3.38. The Morgan fingerprint density at radius 1 is 1.00 bits per heavy atom. The molecule has 3 atom stereocenters. The standard InChI is InChI=1S/C26H24N2O3/c1-17-13-22(17)26(30)31-16-25(29)28-24(19-8-3-2-4-9-19)15-23(27-28)21-12-11-18-7-5-6-10-20(18)14-21/h2-12,14,17,22,24H,13,15-16H2,1H3. The Balaban J connectivity index is 1.41. The summed E-state index contributed by atoms with van der Waals surface area (Å²) in [6, 6.07) is 24.1. The van der Waals surface area contributed by atoms with E-state index in [0.29, 0.717) is 12.3 Å². The van der Waals surface area contributed by atoms with Crippen molar-refractivity contribution >= 4 is 28.4 Å². The van der Waals surface area contributed by atoms with Crippen LogP contribution in [0.5, 0.6) is 0 Å². The number of amides is 1. The van der Waals surface area contributed by atoms with Crippen molar-refractivity contribution in [2.24, 2.45) is 16.9 Å². The fourth-order valence-electron chi connectivity index (χ4n) is 4.17. The van der Waals surface area contributed by atoms with Gasteiger partial charge < -0.3 is 4.74 Å². The molecule has 3 aromatic carbocycles. The summed E-state index contributed by atoms with van der Waals surface area (Å²) in [5.41, 5.74) is 2.87. The quantitative estimate of drug-likeness (QED) is 0.570. The SMILES string of the molecule is CC1CC1C(=O)OCC(=O)N1N=C(c2ccc3ccccc3c2)CC1c1ccccc1. The van der Waals surface area contributed by atoms with Gasteiger partial charge in [-0.25, -0.2) is 5.01 Å². The molecule has 1 amide bonds. The summed E-state index contributed by atoms with van der Waals surface area (Å²) in [6.45, 7) is 1.74. The first kappa shape index (κ1) is 19.5. The topological polar surface area (TPSA) is 59.0 Å². The number of fused-ring (bicyclic) bond motifs is 1. The largest absolute Gasteiger partial charge is 0.455 e. The van der Waals surface area contributed by atoms with Gasteiger partial charge >= 0.3 is 5.97 Å². The molecule has 0 N–H and O–H groups in total. The van der Waals surface area contributed by atoms with Gasteiger partial charge in [-0.2, -0.15) is 5.10 Å². The highest BCUT2D eigenvalue weighted by atomic mass is 16.5. The van der Waals surface area contributed by atoms with Crippen LogP contribution in [0, 0.1) is 11.8 Å². The third-order valence-corrected chi connectivity index (χ3v) is 6.18. The summed E-state index contributed by atoms with van der Waals surface area (Å²) in [6.07, 6.45) is 1.45. The summed E-state index contributed by atoms with van der Waals surface area (Å²) < 4.78 is 5.29. The van der Waals surface area contributed by atoms with Crippen LogP contribution in [0.25, 0.3) is 10.8 Å². The average molecular weight is 412 g/mol. The highest BCUT2D eigenvalue weighted by molar-refractivity contribution is 6.05. The van der Waals surface area contributed by atoms with Crippen molar-refractivity contribution in [3.63, 3.8) is 0 Å². The van der Waals surface area contributed by atoms with Crippen LogP contribution in [0.4, 0.5) is 0 Å². The van der Waals surface area contributed by atoms with Crippen LogP contribution in [-0.4, -0.2) is 29.2 Å². The molecule has 2 aliphatic rings. The summed E-state index contributed by atoms with van der Waals surface area (Å²) in [5.74, 6) is -0.293. The Kier molecular flexibility index (Phi) is 5.02. The third-order valence-electron chi connectivity index (χ3n) is 6.18. The summed E-state index contributed by atoms with van der Waals surface area (Å²) in [5, 5.41) is 8.48. The molecule has 1 saturated carbocycles. The van der Waals surface area contributed by atoms with Crippen LogP contribution in [0.1, 0.15) is 36.9 Å². The molecular formula is C26H24N2O3. The molecule has 1 heterocycles. The van der Waals surface area contributed by atoms with E-state index in [-0.39, 0.29) is 30.4 Å². The molecule has 0 radical (unpaired) electrons. The van der Waals surface area contributed by atoms with Gasteiger partial charge in [-0.1, -0.05) is 73.7 Å². The van der Waals surface area contributed by atoms with E-state index >= 15 is 0 Å². The van der Waals surface area contributed by atoms with E-state index in [1.807, 2.05) is 55.5 Å². The molecule has 1 aliphatic heterocycles. The molecule has 5 nitrogen and oxygen atoms in total. The van der Waals surface area contributed by atoms with Gasteiger partial charge in [-0.05, 0) is 40.3 Å². The van der Waals surface area contributed by atoms with E-state index in [4.69, 9.17) is 4.74 Å². The van der Waals surface area contributed by atoms with Gasteiger partial charge in [0.15, 0.2) is 6.61 Å². The first-order valence-corrected chi connectivity index (χ1v) is 10.7. The van der Waals surface area contributed by atoms with Crippen LogP contribution in [0.3, 0.4) is 0 Å². The van der Waals surface area contributed by atoms with Crippen molar-refractivity contribution in [3.8, 4) is 0 Å². The van der Waals surface area contributed by atoms with Gasteiger partial charge in [-0.15, -0.1) is 0 Å². The molecule has 1 aliphatic carbocycles. The third kappa shape index (κ3) is 3.96. The lowest BCUT2D eigenvalue weighted by Crippen LogP contribution is -2.31. The van der Waals surface area contributed by atoms with Gasteiger partial charge in [0.25, 0.3) is 5.91 Å². The van der Waals surface area contributed by atoms with E-state index < -0.39 is 0 Å². The van der Waals surface area contributed by atoms with Crippen molar-refractivity contribution in [2.75, 3.05) is 6.61 Å². The second-order valence-electron chi connectivity index (χ2n) is 8.40. The Bertz CT molecular complexity index is 1170. The monoisotopic (exact) mass is 412 g/mol. The number of hydrogen-bond donors (Lipinski definition) is 0. The van der Waals surface area contributed by atoms with E-state index in [9.17, 15) is 9.59 Å². The van der Waals surface area contributed by atoms with Crippen LogP contribution in [0.2, 0.25) is 0 Å². The second kappa shape index (κ2) is 7.99. The number of carbonyl (C=O) groups excluding carboxylic acids is 2. The molecule has 0 saturated heterocycles. The van der Waals surface area contributed by atoms with Gasteiger partial charge in [-0.3, -0.25) is 9.59 Å². The highest BCUT2D eigenvalue weighted by Gasteiger charge is 2.41. The zero-order chi connectivity index (χ0) is 21.4. The number of hydrazone groups is 1. The number of hydrogen-bond acceptors (Lipinski definition) is 4. The lowest BCUT2D eigenvalue weighted by molar-refractivity contribution is -0.154. The maximum absolute atomic E-state index is 13.0. The minimum Gasteiger partial charge on any atom is -0.455 e. The van der Waals surface area contributed by atoms with Gasteiger partial charge in [0.05, 0.1) is 17.7 Å². The molecule has 0 bridgehead atoms. The maximum atomic E-state index is 13.0. The number of carbonyl (C=O) groups is 2. The van der Waals surface area contributed by atoms with Crippen LogP contribution in [-0.2, 0) is 14.3 Å². The van der Waals surface area contributed by atoms with Crippen molar-refractivity contribution in [1.82, 2.24) is 5.01 Å². The smallest absolute Gasteiger partial charge is 0.309 e. The Hall–Kier alpha value is -3.47. The van der Waals surface area contributed by atoms with E-state index in [2.05, 4.69) is 29.4 Å². The van der Waals surface area contributed by atoms with Crippen molar-refractivity contribution in [1.29, 1.82) is 0 Å². The van der Waals surface area contributed by atoms with Crippen molar-refractivity contribution < 1.29 is 14.3 Å². The van der Waals surface area contributed by atoms with Crippen molar-refractivity contribution in [2.45, 2.75) is 25.8 Å². The molecule has 0 spiro atoms. The lowest BCUT2D eigenvalue weighted by atomic mass is 9.97. The van der Waals surface area contributed by atoms with E-state index in [1.54, 1.807) is 0 Å². The fourth-order valence-corrected chi connectivity index (χ4v) is 4.17. The van der Waals surface area contributed by atoms with E-state index in [1.165, 1.54) is 10.4 Å². The second-order valence-corrected chi connectivity index (χ2v) is 8.40. The predicted octanol–water partition coefficient (Wildman–Crippen LogP) is 4.72. The summed E-state index contributed by atoms with van der Waals surface area (Å²) in [4.78, 5) is 25.1. The number of esters is 1. The molecule has 5 rings (SSSR count). The molecular weight excluding hydrogens is 388 g/mol. The molecule has 3 unspecified atom stereocenters. The van der Waals surface area contributed by atoms with Gasteiger partial charge in [0.2, 0.25) is 0 Å². The summed E-state index contributed by atoms with van der Waals surface area (Å²) in [7, 11) is 0. The van der Waals surface area contributed by atoms with Gasteiger partial charge in [0.1, 0.15) is 0 Å². The van der Waals surface area contributed by atoms with Gasteiger partial charge in [0, 0.05) is 6.42 Å². The fraction of sp³-hybridized carbons (Fsp3) is 0.269. The van der Waals surface area contributed by atoms with E-state index in [0.717, 1.165) is 28.6 Å². The predicted molar refractivity (Wildman–Crippen MR) is 119 cm³/mol. The number of ether oxygens (including phenoxy) is 1. The van der Waals surface area contributed by atoms with Crippen LogP contribution >= 0.6 is 0 Å². The zero-order valence-corrected chi connectivity index (χ0v) is 17.4. The number of benzene rings is 3. The molecule has 1 fully saturated rings. The summed E-state index contributed by atoms with van der Waals surface area (Å²) >= 11 is 0. The first-order valence-electron chi connectivity index (χ1n) is 10.7. The molecule has 31 heavy (non-hydrogen) atoms. The lowest BCUT2D eigenvalue weighted by Gasteiger charge is -2.21. The molecule has 5 heteroatoms. The highest BCUT2D eigenvalue weighted by Crippen LogP contribution is 2.39. The minimum atomic E-state index is -0.300. The molecule has 3 aromatic rings. The zero-order valence-electron chi connectivity index (χ0n) is 17.4. The first-order chi connectivity index (χ1) is 15.1. The van der Waals surface area contributed by atoms with Crippen LogP contribution in [0.15, 0.2) is 77.9 Å². The maximum Gasteiger partial charge on any atom is 0.309 e. The Morgan fingerprint density at radius 3 is 2.45 bits per heavy atom. The molecule has 0 aromatic heterocycles. The Morgan fingerprint density at radius 2 is 1.71 bits per heavy atom. The molecule has 156 valence electrons. The number of nitrogens with zero attached hydrogens (tertiary/aromatic N) is 2. The van der Waals surface area contributed by atoms with Crippen LogP contribution < -0.4 is 0 Å². The normalized spacial score (nSPS) is 22.3. The minimum absolute atomic E-state index is 0.0621.